The summed E-state index contributed by atoms with van der Waals surface area (Å²) in [7, 11) is 0. The van der Waals surface area contributed by atoms with Crippen molar-refractivity contribution >= 4 is 23.2 Å². The molecule has 0 aromatic heterocycles. The lowest BCUT2D eigenvalue weighted by atomic mass is 9.96. The first kappa shape index (κ1) is 11.8. The highest BCUT2D eigenvalue weighted by atomic mass is 35.5. The number of hydrogen-bond acceptors (Lipinski definition) is 2. The summed E-state index contributed by atoms with van der Waals surface area (Å²) in [5.41, 5.74) is 6.62. The van der Waals surface area contributed by atoms with E-state index in [1.165, 1.54) is 0 Å². The summed E-state index contributed by atoms with van der Waals surface area (Å²) in [6, 6.07) is 5.44. The van der Waals surface area contributed by atoms with Crippen LogP contribution in [0.25, 0.3) is 0 Å². The molecule has 0 fully saturated rings. The van der Waals surface area contributed by atoms with Crippen molar-refractivity contribution in [3.63, 3.8) is 0 Å². The highest BCUT2D eigenvalue weighted by Crippen LogP contribution is 2.27. The molecule has 3 N–H and O–H groups in total. The van der Waals surface area contributed by atoms with Gasteiger partial charge in [-0.25, -0.2) is 0 Å². The van der Waals surface area contributed by atoms with Gasteiger partial charge in [0.1, 0.15) is 0 Å². The SMILES string of the molecule is NCC(CCO)c1ccc(Cl)c(Cl)c1. The monoisotopic (exact) mass is 233 g/mol. The van der Waals surface area contributed by atoms with E-state index in [0.717, 1.165) is 5.56 Å². The van der Waals surface area contributed by atoms with Crippen molar-refractivity contribution < 1.29 is 5.11 Å². The topological polar surface area (TPSA) is 46.2 Å². The molecule has 0 heterocycles. The van der Waals surface area contributed by atoms with Gasteiger partial charge in [-0.2, -0.15) is 0 Å². The Kier molecular flexibility index (Phi) is 4.69. The van der Waals surface area contributed by atoms with Crippen LogP contribution >= 0.6 is 23.2 Å². The quantitative estimate of drug-likeness (QED) is 0.840. The van der Waals surface area contributed by atoms with Crippen LogP contribution in [0.5, 0.6) is 0 Å². The Balaban J connectivity index is 2.88. The summed E-state index contributed by atoms with van der Waals surface area (Å²) in [5, 5.41) is 9.90. The number of benzene rings is 1. The van der Waals surface area contributed by atoms with Crippen molar-refractivity contribution in [3.05, 3.63) is 33.8 Å². The van der Waals surface area contributed by atoms with Crippen molar-refractivity contribution in [2.75, 3.05) is 13.2 Å². The van der Waals surface area contributed by atoms with Gasteiger partial charge in [0.15, 0.2) is 0 Å². The number of halogens is 2. The number of rotatable bonds is 4. The van der Waals surface area contributed by atoms with Crippen molar-refractivity contribution in [3.8, 4) is 0 Å². The number of nitrogens with two attached hydrogens (primary N) is 1. The summed E-state index contributed by atoms with van der Waals surface area (Å²) in [6.45, 7) is 0.626. The van der Waals surface area contributed by atoms with Gasteiger partial charge in [-0.15, -0.1) is 0 Å². The number of aliphatic hydroxyl groups is 1. The molecule has 0 radical (unpaired) electrons. The third-order valence-corrected chi connectivity index (χ3v) is 2.92. The fourth-order valence-electron chi connectivity index (χ4n) is 1.34. The Bertz CT molecular complexity index is 304. The summed E-state index contributed by atoms with van der Waals surface area (Å²) in [4.78, 5) is 0. The zero-order chi connectivity index (χ0) is 10.6. The lowest BCUT2D eigenvalue weighted by Gasteiger charge is -2.14. The minimum absolute atomic E-state index is 0.127. The van der Waals surface area contributed by atoms with E-state index in [4.69, 9.17) is 34.0 Å². The second kappa shape index (κ2) is 5.56. The van der Waals surface area contributed by atoms with Gasteiger partial charge in [0, 0.05) is 6.61 Å². The van der Waals surface area contributed by atoms with Gasteiger partial charge in [-0.3, -0.25) is 0 Å². The van der Waals surface area contributed by atoms with E-state index in [-0.39, 0.29) is 12.5 Å². The van der Waals surface area contributed by atoms with Gasteiger partial charge < -0.3 is 10.8 Å². The summed E-state index contributed by atoms with van der Waals surface area (Å²) in [5.74, 6) is 0.148. The summed E-state index contributed by atoms with van der Waals surface area (Å²) < 4.78 is 0. The Morgan fingerprint density at radius 2 is 2.00 bits per heavy atom. The smallest absolute Gasteiger partial charge is 0.0595 e. The van der Waals surface area contributed by atoms with Gasteiger partial charge in [-0.1, -0.05) is 29.3 Å². The molecule has 1 unspecified atom stereocenters. The lowest BCUT2D eigenvalue weighted by Crippen LogP contribution is -2.13. The normalized spacial score (nSPS) is 12.9. The van der Waals surface area contributed by atoms with E-state index in [0.29, 0.717) is 23.0 Å². The highest BCUT2D eigenvalue weighted by molar-refractivity contribution is 6.42. The maximum Gasteiger partial charge on any atom is 0.0595 e. The molecule has 0 aliphatic carbocycles. The molecule has 0 aliphatic heterocycles. The number of hydrogen-bond donors (Lipinski definition) is 2. The molecule has 0 aliphatic rings. The number of aliphatic hydroxyl groups excluding tert-OH is 1. The maximum atomic E-state index is 8.84. The molecule has 0 bridgehead atoms. The minimum Gasteiger partial charge on any atom is -0.396 e. The minimum atomic E-state index is 0.127. The first-order valence-electron chi connectivity index (χ1n) is 4.45. The molecule has 0 spiro atoms. The fourth-order valence-corrected chi connectivity index (χ4v) is 1.65. The molecule has 78 valence electrons. The maximum absolute atomic E-state index is 8.84. The van der Waals surface area contributed by atoms with Gasteiger partial charge in [0.2, 0.25) is 0 Å². The van der Waals surface area contributed by atoms with Crippen molar-refractivity contribution in [2.45, 2.75) is 12.3 Å². The van der Waals surface area contributed by atoms with Gasteiger partial charge >= 0.3 is 0 Å². The van der Waals surface area contributed by atoms with Crippen LogP contribution in [-0.4, -0.2) is 18.3 Å². The van der Waals surface area contributed by atoms with Crippen LogP contribution < -0.4 is 5.73 Å². The fraction of sp³-hybridized carbons (Fsp3) is 0.400. The summed E-state index contributed by atoms with van der Waals surface area (Å²) in [6.07, 6.45) is 0.647. The molecular weight excluding hydrogens is 221 g/mol. The van der Waals surface area contributed by atoms with Crippen LogP contribution in [0.2, 0.25) is 10.0 Å². The van der Waals surface area contributed by atoms with Crippen molar-refractivity contribution in [1.82, 2.24) is 0 Å². The Labute approximate surface area is 93.6 Å². The molecule has 1 aromatic rings. The standard InChI is InChI=1S/C10H13Cl2NO/c11-9-2-1-7(5-10(9)12)8(6-13)3-4-14/h1-2,5,8,14H,3-4,6,13H2. The molecular formula is C10H13Cl2NO. The van der Waals surface area contributed by atoms with E-state index in [1.807, 2.05) is 6.07 Å². The van der Waals surface area contributed by atoms with Crippen molar-refractivity contribution in [2.24, 2.45) is 5.73 Å². The highest BCUT2D eigenvalue weighted by Gasteiger charge is 2.10. The molecule has 1 rings (SSSR count). The second-order valence-corrected chi connectivity index (χ2v) is 3.93. The van der Waals surface area contributed by atoms with E-state index in [2.05, 4.69) is 0 Å². The van der Waals surface area contributed by atoms with E-state index in [9.17, 15) is 0 Å². The predicted molar refractivity (Wildman–Crippen MR) is 60.0 cm³/mol. The van der Waals surface area contributed by atoms with E-state index < -0.39 is 0 Å². The molecule has 14 heavy (non-hydrogen) atoms. The van der Waals surface area contributed by atoms with Crippen LogP contribution in [0.4, 0.5) is 0 Å². The Morgan fingerprint density at radius 3 is 2.50 bits per heavy atom. The first-order chi connectivity index (χ1) is 6.69. The molecule has 0 saturated heterocycles. The molecule has 4 heteroatoms. The second-order valence-electron chi connectivity index (χ2n) is 3.12. The predicted octanol–water partition coefficient (Wildman–Crippen LogP) is 2.42. The van der Waals surface area contributed by atoms with Crippen LogP contribution in [0.1, 0.15) is 17.9 Å². The average Bonchev–Trinajstić information content (AvgIpc) is 2.19. The van der Waals surface area contributed by atoms with Gasteiger partial charge in [0.05, 0.1) is 10.0 Å². The largest absolute Gasteiger partial charge is 0.396 e. The summed E-state index contributed by atoms with van der Waals surface area (Å²) >= 11 is 11.7. The zero-order valence-corrected chi connectivity index (χ0v) is 9.22. The molecule has 1 aromatic carbocycles. The molecule has 1 atom stereocenters. The Hall–Kier alpha value is -0.280. The first-order valence-corrected chi connectivity index (χ1v) is 5.20. The third kappa shape index (κ3) is 2.85. The lowest BCUT2D eigenvalue weighted by molar-refractivity contribution is 0.276. The van der Waals surface area contributed by atoms with Gasteiger partial charge in [-0.05, 0) is 36.6 Å². The Morgan fingerprint density at radius 1 is 1.29 bits per heavy atom. The van der Waals surface area contributed by atoms with E-state index >= 15 is 0 Å². The molecule has 2 nitrogen and oxygen atoms in total. The van der Waals surface area contributed by atoms with Crippen LogP contribution in [0.3, 0.4) is 0 Å². The average molecular weight is 234 g/mol. The van der Waals surface area contributed by atoms with E-state index in [1.54, 1.807) is 12.1 Å². The van der Waals surface area contributed by atoms with Crippen LogP contribution in [0, 0.1) is 0 Å². The molecule has 0 saturated carbocycles. The third-order valence-electron chi connectivity index (χ3n) is 2.18. The van der Waals surface area contributed by atoms with Gasteiger partial charge in [0.25, 0.3) is 0 Å². The van der Waals surface area contributed by atoms with Crippen LogP contribution in [0.15, 0.2) is 18.2 Å². The zero-order valence-electron chi connectivity index (χ0n) is 7.71. The molecule has 0 amide bonds. The van der Waals surface area contributed by atoms with Crippen LogP contribution in [-0.2, 0) is 0 Å². The van der Waals surface area contributed by atoms with Crippen molar-refractivity contribution in [1.29, 1.82) is 0 Å².